The SMILES string of the molecule is COC(=O)CCCS(=O)(=O)NC1C2CCC(C2)C1C(=O)O. The maximum absolute atomic E-state index is 12.0. The van der Waals surface area contributed by atoms with Gasteiger partial charge in [-0.05, 0) is 37.5 Å². The quantitative estimate of drug-likeness (QED) is 0.656. The smallest absolute Gasteiger partial charge is 0.308 e. The number of hydrogen-bond donors (Lipinski definition) is 2. The van der Waals surface area contributed by atoms with Gasteiger partial charge in [-0.2, -0.15) is 0 Å². The third kappa shape index (κ3) is 3.74. The lowest BCUT2D eigenvalue weighted by Crippen LogP contribution is -2.47. The minimum absolute atomic E-state index is 0.0382. The molecule has 0 spiro atoms. The van der Waals surface area contributed by atoms with Crippen LogP contribution in [0.4, 0.5) is 0 Å². The number of carboxylic acid groups (broad SMARTS) is 1. The number of nitrogens with one attached hydrogen (secondary N) is 1. The number of sulfonamides is 1. The van der Waals surface area contributed by atoms with Crippen molar-refractivity contribution in [2.24, 2.45) is 17.8 Å². The third-order valence-electron chi connectivity index (χ3n) is 4.54. The molecule has 2 bridgehead atoms. The van der Waals surface area contributed by atoms with Crippen molar-refractivity contribution in [3.05, 3.63) is 0 Å². The van der Waals surface area contributed by atoms with Gasteiger partial charge < -0.3 is 9.84 Å². The molecule has 120 valence electrons. The van der Waals surface area contributed by atoms with Gasteiger partial charge in [-0.25, -0.2) is 13.1 Å². The molecule has 2 saturated carbocycles. The standard InChI is InChI=1S/C13H21NO6S/c1-20-10(15)3-2-6-21(18,19)14-12-9-5-4-8(7-9)11(12)13(16)17/h8-9,11-12,14H,2-7H2,1H3,(H,16,17). The number of carbonyl (C=O) groups is 2. The Balaban J connectivity index is 1.93. The molecular formula is C13H21NO6S. The van der Waals surface area contributed by atoms with E-state index in [1.54, 1.807) is 0 Å². The molecule has 0 amide bonds. The van der Waals surface area contributed by atoms with E-state index in [-0.39, 0.29) is 30.4 Å². The zero-order chi connectivity index (χ0) is 15.6. The highest BCUT2D eigenvalue weighted by Crippen LogP contribution is 2.48. The Hall–Kier alpha value is -1.15. The molecule has 2 N–H and O–H groups in total. The highest BCUT2D eigenvalue weighted by atomic mass is 32.2. The highest BCUT2D eigenvalue weighted by Gasteiger charge is 2.52. The number of hydrogen-bond acceptors (Lipinski definition) is 5. The van der Waals surface area contributed by atoms with E-state index < -0.39 is 33.9 Å². The van der Waals surface area contributed by atoms with E-state index in [0.29, 0.717) is 0 Å². The number of aliphatic carboxylic acids is 1. The van der Waals surface area contributed by atoms with E-state index in [9.17, 15) is 23.1 Å². The Bertz CT molecular complexity index is 517. The first-order valence-electron chi connectivity index (χ1n) is 7.13. The molecule has 21 heavy (non-hydrogen) atoms. The number of methoxy groups -OCH3 is 1. The Morgan fingerprint density at radius 2 is 1.95 bits per heavy atom. The predicted molar refractivity (Wildman–Crippen MR) is 73.9 cm³/mol. The molecule has 0 aromatic rings. The summed E-state index contributed by atoms with van der Waals surface area (Å²) in [5, 5.41) is 9.29. The summed E-state index contributed by atoms with van der Waals surface area (Å²) < 4.78 is 31.1. The van der Waals surface area contributed by atoms with Gasteiger partial charge in [0.15, 0.2) is 0 Å². The van der Waals surface area contributed by atoms with Gasteiger partial charge in [-0.3, -0.25) is 9.59 Å². The van der Waals surface area contributed by atoms with Crippen LogP contribution in [0.1, 0.15) is 32.1 Å². The second-order valence-corrected chi connectivity index (χ2v) is 7.71. The third-order valence-corrected chi connectivity index (χ3v) is 6.00. The summed E-state index contributed by atoms with van der Waals surface area (Å²) in [6, 6.07) is -0.510. The first kappa shape index (κ1) is 16.2. The fourth-order valence-electron chi connectivity index (χ4n) is 3.59. The van der Waals surface area contributed by atoms with Crippen LogP contribution in [-0.4, -0.2) is 44.4 Å². The lowest BCUT2D eigenvalue weighted by atomic mass is 9.85. The van der Waals surface area contributed by atoms with Crippen LogP contribution in [0.3, 0.4) is 0 Å². The Labute approximate surface area is 124 Å². The first-order chi connectivity index (χ1) is 9.84. The lowest BCUT2D eigenvalue weighted by molar-refractivity contribution is -0.144. The van der Waals surface area contributed by atoms with Gasteiger partial charge in [0.05, 0.1) is 18.8 Å². The van der Waals surface area contributed by atoms with Gasteiger partial charge in [0, 0.05) is 12.5 Å². The zero-order valence-corrected chi connectivity index (χ0v) is 12.8. The normalized spacial score (nSPS) is 31.3. The largest absolute Gasteiger partial charge is 0.481 e. The topological polar surface area (TPSA) is 110 Å². The van der Waals surface area contributed by atoms with Crippen LogP contribution in [0.25, 0.3) is 0 Å². The van der Waals surface area contributed by atoms with Crippen molar-refractivity contribution in [3.63, 3.8) is 0 Å². The van der Waals surface area contributed by atoms with Crippen molar-refractivity contribution in [1.29, 1.82) is 0 Å². The lowest BCUT2D eigenvalue weighted by Gasteiger charge is -2.28. The van der Waals surface area contributed by atoms with Crippen LogP contribution in [-0.2, 0) is 24.3 Å². The van der Waals surface area contributed by atoms with Crippen LogP contribution < -0.4 is 4.72 Å². The van der Waals surface area contributed by atoms with Crippen LogP contribution in [0.2, 0.25) is 0 Å². The molecule has 0 aromatic heterocycles. The Morgan fingerprint density at radius 3 is 2.57 bits per heavy atom. The van der Waals surface area contributed by atoms with Crippen molar-refractivity contribution in [3.8, 4) is 0 Å². The minimum Gasteiger partial charge on any atom is -0.481 e. The van der Waals surface area contributed by atoms with Gasteiger partial charge in [0.25, 0.3) is 0 Å². The van der Waals surface area contributed by atoms with E-state index in [1.807, 2.05) is 0 Å². The fraction of sp³-hybridized carbons (Fsp3) is 0.846. The average Bonchev–Trinajstić information content (AvgIpc) is 2.98. The second-order valence-electron chi connectivity index (χ2n) is 5.84. The van der Waals surface area contributed by atoms with Gasteiger partial charge in [0.1, 0.15) is 0 Å². The van der Waals surface area contributed by atoms with Crippen LogP contribution >= 0.6 is 0 Å². The van der Waals surface area contributed by atoms with Crippen molar-refractivity contribution in [2.45, 2.75) is 38.1 Å². The maximum atomic E-state index is 12.0. The summed E-state index contributed by atoms with van der Waals surface area (Å²) in [7, 11) is -2.33. The summed E-state index contributed by atoms with van der Waals surface area (Å²) in [6.45, 7) is 0. The fourth-order valence-corrected chi connectivity index (χ4v) is 4.99. The van der Waals surface area contributed by atoms with E-state index in [2.05, 4.69) is 9.46 Å². The van der Waals surface area contributed by atoms with E-state index in [0.717, 1.165) is 19.3 Å². The molecule has 0 heterocycles. The molecule has 0 aliphatic heterocycles. The molecule has 8 heteroatoms. The van der Waals surface area contributed by atoms with Crippen LogP contribution in [0, 0.1) is 17.8 Å². The van der Waals surface area contributed by atoms with Gasteiger partial charge in [-0.15, -0.1) is 0 Å². The summed E-state index contributed by atoms with van der Waals surface area (Å²) in [5.41, 5.74) is 0. The Kier molecular flexibility index (Phi) is 4.88. The van der Waals surface area contributed by atoms with Crippen molar-refractivity contribution < 1.29 is 27.9 Å². The van der Waals surface area contributed by atoms with Crippen molar-refractivity contribution >= 4 is 22.0 Å². The van der Waals surface area contributed by atoms with E-state index >= 15 is 0 Å². The van der Waals surface area contributed by atoms with E-state index in [4.69, 9.17) is 0 Å². The van der Waals surface area contributed by atoms with Crippen LogP contribution in [0.5, 0.6) is 0 Å². The molecule has 2 rings (SSSR count). The number of carboxylic acids is 1. The summed E-state index contributed by atoms with van der Waals surface area (Å²) in [6.07, 6.45) is 2.73. The highest BCUT2D eigenvalue weighted by molar-refractivity contribution is 7.89. The molecule has 0 radical (unpaired) electrons. The molecule has 0 aromatic carbocycles. The van der Waals surface area contributed by atoms with E-state index in [1.165, 1.54) is 7.11 Å². The van der Waals surface area contributed by atoms with Gasteiger partial charge in [0.2, 0.25) is 10.0 Å². The average molecular weight is 319 g/mol. The minimum atomic E-state index is -3.58. The summed E-state index contributed by atoms with van der Waals surface area (Å²) >= 11 is 0. The molecule has 2 aliphatic rings. The predicted octanol–water partition coefficient (Wildman–Crippen LogP) is 0.358. The summed E-state index contributed by atoms with van der Waals surface area (Å²) in [5.74, 6) is -2.00. The number of rotatable bonds is 7. The number of carbonyl (C=O) groups excluding carboxylic acids is 1. The van der Waals surface area contributed by atoms with Crippen molar-refractivity contribution in [1.82, 2.24) is 4.72 Å². The van der Waals surface area contributed by atoms with Gasteiger partial charge in [-0.1, -0.05) is 0 Å². The number of ether oxygens (including phenoxy) is 1. The molecule has 7 nitrogen and oxygen atoms in total. The molecule has 2 fully saturated rings. The molecule has 0 saturated heterocycles. The van der Waals surface area contributed by atoms with Crippen molar-refractivity contribution in [2.75, 3.05) is 12.9 Å². The second kappa shape index (κ2) is 6.31. The molecule has 2 aliphatic carbocycles. The zero-order valence-electron chi connectivity index (χ0n) is 11.9. The van der Waals surface area contributed by atoms with Crippen LogP contribution in [0.15, 0.2) is 0 Å². The molecule has 4 atom stereocenters. The maximum Gasteiger partial charge on any atom is 0.308 e. The molecule has 4 unspecified atom stereocenters. The molecular weight excluding hydrogens is 298 g/mol. The van der Waals surface area contributed by atoms with Gasteiger partial charge >= 0.3 is 11.9 Å². The first-order valence-corrected chi connectivity index (χ1v) is 8.79. The number of fused-ring (bicyclic) bond motifs is 2. The Morgan fingerprint density at radius 1 is 1.29 bits per heavy atom. The summed E-state index contributed by atoms with van der Waals surface area (Å²) in [4.78, 5) is 22.3. The monoisotopic (exact) mass is 319 g/mol. The number of esters is 1.